The number of ether oxygens (including phenoxy) is 1. The van der Waals surface area contributed by atoms with Crippen molar-refractivity contribution in [2.24, 2.45) is 5.92 Å². The molecule has 0 fully saturated rings. The van der Waals surface area contributed by atoms with E-state index >= 15 is 0 Å². The molecule has 1 atom stereocenters. The van der Waals surface area contributed by atoms with Crippen molar-refractivity contribution in [1.29, 1.82) is 0 Å². The first-order chi connectivity index (χ1) is 10.1. The van der Waals surface area contributed by atoms with E-state index in [-0.39, 0.29) is 11.9 Å². The Bertz CT molecular complexity index is 571. The van der Waals surface area contributed by atoms with Gasteiger partial charge in [-0.25, -0.2) is 0 Å². The Kier molecular flexibility index (Phi) is 6.42. The molecule has 0 saturated heterocycles. The first-order valence-electron chi connectivity index (χ1n) is 6.79. The maximum atomic E-state index is 11.9. The highest BCUT2D eigenvalue weighted by molar-refractivity contribution is 9.10. The normalized spacial score (nSPS) is 12.1. The lowest BCUT2D eigenvalue weighted by Gasteiger charge is -2.12. The molecule has 2 aromatic rings. The molecule has 0 aliphatic heterocycles. The number of hydrogen-bond acceptors (Lipinski definition) is 4. The predicted molar refractivity (Wildman–Crippen MR) is 89.1 cm³/mol. The fourth-order valence-corrected chi connectivity index (χ4v) is 3.23. The Hall–Kier alpha value is -1.17. The minimum absolute atomic E-state index is 0.155. The van der Waals surface area contributed by atoms with E-state index in [0.717, 1.165) is 16.6 Å². The largest absolute Gasteiger partial charge is 0.461 e. The van der Waals surface area contributed by atoms with Gasteiger partial charge in [-0.1, -0.05) is 37.3 Å². The zero-order valence-electron chi connectivity index (χ0n) is 11.8. The molecule has 1 unspecified atom stereocenters. The number of halogens is 1. The summed E-state index contributed by atoms with van der Waals surface area (Å²) in [6.07, 6.45) is 0. The number of hydrogen-bond donors (Lipinski definition) is 1. The van der Waals surface area contributed by atoms with E-state index in [9.17, 15) is 4.79 Å². The molecule has 1 N–H and O–H groups in total. The molecule has 1 aromatic carbocycles. The molecule has 0 bridgehead atoms. The Balaban J connectivity index is 1.67. The minimum Gasteiger partial charge on any atom is -0.461 e. The summed E-state index contributed by atoms with van der Waals surface area (Å²) in [6.45, 7) is 3.60. The van der Waals surface area contributed by atoms with Gasteiger partial charge in [-0.15, -0.1) is 11.3 Å². The van der Waals surface area contributed by atoms with Crippen LogP contribution < -0.4 is 5.32 Å². The minimum atomic E-state index is -0.168. The molecule has 21 heavy (non-hydrogen) atoms. The average Bonchev–Trinajstić information content (AvgIpc) is 2.91. The fourth-order valence-electron chi connectivity index (χ4n) is 1.81. The van der Waals surface area contributed by atoms with Crippen molar-refractivity contribution in [3.05, 3.63) is 56.7 Å². The molecule has 0 amide bonds. The number of nitrogens with one attached hydrogen (secondary N) is 1. The molecule has 1 heterocycles. The summed E-state index contributed by atoms with van der Waals surface area (Å²) in [5, 5.41) is 5.33. The Labute approximate surface area is 137 Å². The van der Waals surface area contributed by atoms with Crippen LogP contribution in [0.25, 0.3) is 0 Å². The highest BCUT2D eigenvalue weighted by Gasteiger charge is 2.14. The van der Waals surface area contributed by atoms with Gasteiger partial charge in [0.2, 0.25) is 0 Å². The summed E-state index contributed by atoms with van der Waals surface area (Å²) >= 11 is 5.12. The SMILES string of the molecule is CC(CNCc1cc(Br)cs1)C(=O)OCc1ccccc1. The van der Waals surface area contributed by atoms with E-state index in [1.54, 1.807) is 11.3 Å². The van der Waals surface area contributed by atoms with Crippen molar-refractivity contribution in [3.63, 3.8) is 0 Å². The monoisotopic (exact) mass is 367 g/mol. The molecule has 0 saturated carbocycles. The van der Waals surface area contributed by atoms with Gasteiger partial charge < -0.3 is 10.1 Å². The molecule has 112 valence electrons. The van der Waals surface area contributed by atoms with Gasteiger partial charge in [-0.3, -0.25) is 4.79 Å². The van der Waals surface area contributed by atoms with Crippen LogP contribution in [0.4, 0.5) is 0 Å². The fraction of sp³-hybridized carbons (Fsp3) is 0.312. The molecule has 0 aliphatic carbocycles. The summed E-state index contributed by atoms with van der Waals surface area (Å²) in [7, 11) is 0. The second kappa shape index (κ2) is 8.32. The molecule has 0 aliphatic rings. The summed E-state index contributed by atoms with van der Waals surface area (Å²) in [5.74, 6) is -0.323. The van der Waals surface area contributed by atoms with Crippen LogP contribution in [0.3, 0.4) is 0 Å². The van der Waals surface area contributed by atoms with Crippen molar-refractivity contribution < 1.29 is 9.53 Å². The van der Waals surface area contributed by atoms with Crippen molar-refractivity contribution in [3.8, 4) is 0 Å². The number of benzene rings is 1. The van der Waals surface area contributed by atoms with Gasteiger partial charge in [0.1, 0.15) is 6.61 Å². The highest BCUT2D eigenvalue weighted by Crippen LogP contribution is 2.19. The summed E-state index contributed by atoms with van der Waals surface area (Å²) in [6, 6.07) is 11.8. The van der Waals surface area contributed by atoms with Crippen LogP contribution in [-0.4, -0.2) is 12.5 Å². The van der Waals surface area contributed by atoms with E-state index in [0.29, 0.717) is 13.2 Å². The Morgan fingerprint density at radius 3 is 2.81 bits per heavy atom. The van der Waals surface area contributed by atoms with Crippen LogP contribution in [0.5, 0.6) is 0 Å². The number of rotatable bonds is 7. The zero-order chi connectivity index (χ0) is 15.1. The van der Waals surface area contributed by atoms with Crippen LogP contribution >= 0.6 is 27.3 Å². The van der Waals surface area contributed by atoms with Gasteiger partial charge in [0.25, 0.3) is 0 Å². The van der Waals surface area contributed by atoms with E-state index in [2.05, 4.69) is 32.7 Å². The van der Waals surface area contributed by atoms with E-state index in [1.807, 2.05) is 37.3 Å². The van der Waals surface area contributed by atoms with Crippen molar-refractivity contribution in [1.82, 2.24) is 5.32 Å². The molecule has 1 aromatic heterocycles. The quantitative estimate of drug-likeness (QED) is 0.752. The van der Waals surface area contributed by atoms with Crippen LogP contribution in [0.15, 0.2) is 46.3 Å². The Morgan fingerprint density at radius 2 is 2.14 bits per heavy atom. The van der Waals surface area contributed by atoms with E-state index < -0.39 is 0 Å². The molecule has 0 radical (unpaired) electrons. The average molecular weight is 368 g/mol. The lowest BCUT2D eigenvalue weighted by atomic mass is 10.2. The second-order valence-electron chi connectivity index (χ2n) is 4.86. The third kappa shape index (κ3) is 5.61. The topological polar surface area (TPSA) is 38.3 Å². The Morgan fingerprint density at radius 1 is 1.38 bits per heavy atom. The van der Waals surface area contributed by atoms with Gasteiger partial charge in [-0.2, -0.15) is 0 Å². The number of carbonyl (C=O) groups is 1. The van der Waals surface area contributed by atoms with Crippen molar-refractivity contribution in [2.45, 2.75) is 20.1 Å². The number of esters is 1. The molecule has 5 heteroatoms. The third-order valence-electron chi connectivity index (χ3n) is 3.00. The van der Waals surface area contributed by atoms with Gasteiger partial charge >= 0.3 is 5.97 Å². The van der Waals surface area contributed by atoms with Crippen LogP contribution in [-0.2, 0) is 22.7 Å². The summed E-state index contributed by atoms with van der Waals surface area (Å²) in [5.41, 5.74) is 1.01. The van der Waals surface area contributed by atoms with Gasteiger partial charge in [0.05, 0.1) is 5.92 Å². The van der Waals surface area contributed by atoms with Crippen LogP contribution in [0, 0.1) is 5.92 Å². The van der Waals surface area contributed by atoms with Gasteiger partial charge in [0, 0.05) is 27.8 Å². The maximum absolute atomic E-state index is 11.9. The molecular formula is C16H18BrNO2S. The first kappa shape index (κ1) is 16.2. The van der Waals surface area contributed by atoms with Gasteiger partial charge in [-0.05, 0) is 27.6 Å². The molecule has 0 spiro atoms. The number of carbonyl (C=O) groups excluding carboxylic acids is 1. The lowest BCUT2D eigenvalue weighted by Crippen LogP contribution is -2.27. The third-order valence-corrected chi connectivity index (χ3v) is 4.70. The molecule has 3 nitrogen and oxygen atoms in total. The maximum Gasteiger partial charge on any atom is 0.310 e. The van der Waals surface area contributed by atoms with Crippen molar-refractivity contribution >= 4 is 33.2 Å². The van der Waals surface area contributed by atoms with Crippen molar-refractivity contribution in [2.75, 3.05) is 6.54 Å². The lowest BCUT2D eigenvalue weighted by molar-refractivity contribution is -0.149. The molecular weight excluding hydrogens is 350 g/mol. The standard InChI is InChI=1S/C16H18BrNO2S/c1-12(8-18-9-15-7-14(17)11-21-15)16(19)20-10-13-5-3-2-4-6-13/h2-7,11-12,18H,8-10H2,1H3. The first-order valence-corrected chi connectivity index (χ1v) is 8.46. The summed E-state index contributed by atoms with van der Waals surface area (Å²) in [4.78, 5) is 13.1. The molecule has 2 rings (SSSR count). The predicted octanol–water partition coefficient (Wildman–Crippen LogP) is 3.98. The van der Waals surface area contributed by atoms with Gasteiger partial charge in [0.15, 0.2) is 0 Å². The van der Waals surface area contributed by atoms with Crippen LogP contribution in [0.1, 0.15) is 17.4 Å². The van der Waals surface area contributed by atoms with Crippen LogP contribution in [0.2, 0.25) is 0 Å². The summed E-state index contributed by atoms with van der Waals surface area (Å²) < 4.78 is 6.41. The second-order valence-corrected chi connectivity index (χ2v) is 6.77. The zero-order valence-corrected chi connectivity index (χ0v) is 14.2. The smallest absolute Gasteiger partial charge is 0.310 e. The number of thiophene rings is 1. The van der Waals surface area contributed by atoms with E-state index in [1.165, 1.54) is 4.88 Å². The van der Waals surface area contributed by atoms with E-state index in [4.69, 9.17) is 4.74 Å². The highest BCUT2D eigenvalue weighted by atomic mass is 79.9.